The zero-order valence-electron chi connectivity index (χ0n) is 23.6. The van der Waals surface area contributed by atoms with E-state index in [1.54, 1.807) is 42.5 Å². The van der Waals surface area contributed by atoms with E-state index in [9.17, 15) is 19.2 Å². The standard InChI is InChI=1S/C33H26BrN3O7/c1-21(38)43-29-14-12-24(19-30(29)42-2)32(40)36-27-10-6-9-23(18-27)33(41)37-35-20-25-17-26(34)13-15-28(25)44-31(39)16-11-22-7-4-3-5-8-22/h3-20H,1-2H3,(H,36,40)(H,37,41)/b16-11+,35-20?. The fraction of sp³-hybridized carbons (Fsp3) is 0.0606. The molecule has 0 atom stereocenters. The van der Waals surface area contributed by atoms with Gasteiger partial charge in [0.05, 0.1) is 13.3 Å². The largest absolute Gasteiger partial charge is 0.493 e. The van der Waals surface area contributed by atoms with Gasteiger partial charge in [0.15, 0.2) is 11.5 Å². The van der Waals surface area contributed by atoms with Crippen LogP contribution < -0.4 is 25.0 Å². The van der Waals surface area contributed by atoms with E-state index >= 15 is 0 Å². The highest BCUT2D eigenvalue weighted by molar-refractivity contribution is 9.10. The highest BCUT2D eigenvalue weighted by Crippen LogP contribution is 2.29. The zero-order chi connectivity index (χ0) is 31.5. The van der Waals surface area contributed by atoms with Crippen molar-refractivity contribution < 1.29 is 33.4 Å². The van der Waals surface area contributed by atoms with Crippen LogP contribution in [0.1, 0.15) is 38.8 Å². The maximum absolute atomic E-state index is 12.8. The molecule has 2 N–H and O–H groups in total. The van der Waals surface area contributed by atoms with Gasteiger partial charge in [-0.1, -0.05) is 52.3 Å². The van der Waals surface area contributed by atoms with Gasteiger partial charge in [0.2, 0.25) is 0 Å². The van der Waals surface area contributed by atoms with Crippen LogP contribution in [0.2, 0.25) is 0 Å². The van der Waals surface area contributed by atoms with Crippen LogP contribution in [0.4, 0.5) is 5.69 Å². The summed E-state index contributed by atoms with van der Waals surface area (Å²) in [6.07, 6.45) is 4.31. The molecule has 222 valence electrons. The van der Waals surface area contributed by atoms with Gasteiger partial charge < -0.3 is 19.5 Å². The average molecular weight is 656 g/mol. The third-order valence-corrected chi connectivity index (χ3v) is 6.32. The van der Waals surface area contributed by atoms with Gasteiger partial charge in [-0.25, -0.2) is 10.2 Å². The maximum Gasteiger partial charge on any atom is 0.336 e. The summed E-state index contributed by atoms with van der Waals surface area (Å²) in [6, 6.07) is 25.0. The Morgan fingerprint density at radius 2 is 1.52 bits per heavy atom. The first kappa shape index (κ1) is 31.4. The first-order valence-electron chi connectivity index (χ1n) is 13.1. The van der Waals surface area contributed by atoms with Crippen LogP contribution >= 0.6 is 15.9 Å². The Kier molecular flexibility index (Phi) is 10.8. The lowest BCUT2D eigenvalue weighted by Gasteiger charge is -2.11. The number of methoxy groups -OCH3 is 1. The number of nitrogens with one attached hydrogen (secondary N) is 2. The van der Waals surface area contributed by atoms with Crippen molar-refractivity contribution in [2.75, 3.05) is 12.4 Å². The summed E-state index contributed by atoms with van der Waals surface area (Å²) in [5, 5.41) is 6.73. The lowest BCUT2D eigenvalue weighted by Crippen LogP contribution is -2.18. The van der Waals surface area contributed by atoms with Gasteiger partial charge in [0.1, 0.15) is 5.75 Å². The first-order chi connectivity index (χ1) is 21.2. The average Bonchev–Trinajstić information content (AvgIpc) is 3.01. The molecule has 0 unspecified atom stereocenters. The van der Waals surface area contributed by atoms with Crippen molar-refractivity contribution in [3.63, 3.8) is 0 Å². The Balaban J connectivity index is 1.40. The first-order valence-corrected chi connectivity index (χ1v) is 13.9. The normalized spacial score (nSPS) is 10.8. The van der Waals surface area contributed by atoms with Gasteiger partial charge in [0.25, 0.3) is 11.8 Å². The van der Waals surface area contributed by atoms with Crippen LogP contribution in [0.3, 0.4) is 0 Å². The van der Waals surface area contributed by atoms with Crippen LogP contribution in [0.15, 0.2) is 107 Å². The molecule has 0 heterocycles. The summed E-state index contributed by atoms with van der Waals surface area (Å²) in [7, 11) is 1.39. The maximum atomic E-state index is 12.8. The minimum Gasteiger partial charge on any atom is -0.493 e. The van der Waals surface area contributed by atoms with Gasteiger partial charge in [0, 0.05) is 39.9 Å². The second-order valence-corrected chi connectivity index (χ2v) is 9.96. The lowest BCUT2D eigenvalue weighted by atomic mass is 10.1. The molecular formula is C33H26BrN3O7. The quantitative estimate of drug-likeness (QED) is 0.0702. The van der Waals surface area contributed by atoms with Crippen molar-refractivity contribution in [1.29, 1.82) is 0 Å². The van der Waals surface area contributed by atoms with Crippen molar-refractivity contribution in [3.8, 4) is 17.2 Å². The Hall–Kier alpha value is -5.55. The summed E-state index contributed by atoms with van der Waals surface area (Å²) in [6.45, 7) is 1.26. The second kappa shape index (κ2) is 15.1. The molecule has 0 saturated heterocycles. The number of hydrogen-bond acceptors (Lipinski definition) is 8. The molecule has 0 fully saturated rings. The topological polar surface area (TPSA) is 132 Å². The van der Waals surface area contributed by atoms with Gasteiger partial charge in [-0.05, 0) is 66.2 Å². The minimum atomic E-state index is -0.576. The number of amides is 2. The molecule has 44 heavy (non-hydrogen) atoms. The van der Waals surface area contributed by atoms with Crippen molar-refractivity contribution in [1.82, 2.24) is 5.43 Å². The Morgan fingerprint density at radius 3 is 2.27 bits per heavy atom. The number of esters is 2. The number of nitrogens with zero attached hydrogens (tertiary/aromatic N) is 1. The molecule has 2 amide bonds. The number of anilines is 1. The van der Waals surface area contributed by atoms with Crippen LogP contribution in [-0.4, -0.2) is 37.1 Å². The molecule has 0 radical (unpaired) electrons. The smallest absolute Gasteiger partial charge is 0.336 e. The molecule has 11 heteroatoms. The number of ether oxygens (including phenoxy) is 3. The fourth-order valence-corrected chi connectivity index (χ4v) is 4.18. The van der Waals surface area contributed by atoms with Crippen molar-refractivity contribution in [2.45, 2.75) is 6.92 Å². The summed E-state index contributed by atoms with van der Waals surface area (Å²) in [5.74, 6) is -1.46. The van der Waals surface area contributed by atoms with E-state index in [0.29, 0.717) is 15.7 Å². The fourth-order valence-electron chi connectivity index (χ4n) is 3.80. The Bertz CT molecular complexity index is 1750. The van der Waals surface area contributed by atoms with E-state index < -0.39 is 23.8 Å². The predicted octanol–water partition coefficient (Wildman–Crippen LogP) is 6.02. The number of carbonyl (C=O) groups is 4. The molecule has 0 aliphatic carbocycles. The van der Waals surface area contributed by atoms with E-state index in [1.165, 1.54) is 50.6 Å². The molecule has 0 aliphatic rings. The number of hydrogen-bond donors (Lipinski definition) is 2. The van der Waals surface area contributed by atoms with E-state index in [2.05, 4.69) is 31.8 Å². The van der Waals surface area contributed by atoms with Crippen LogP contribution in [-0.2, 0) is 9.59 Å². The highest BCUT2D eigenvalue weighted by Gasteiger charge is 2.14. The van der Waals surface area contributed by atoms with Gasteiger partial charge in [-0.3, -0.25) is 14.4 Å². The van der Waals surface area contributed by atoms with E-state index in [-0.39, 0.29) is 28.4 Å². The van der Waals surface area contributed by atoms with E-state index in [1.807, 2.05) is 30.3 Å². The number of rotatable bonds is 10. The third kappa shape index (κ3) is 8.97. The van der Waals surface area contributed by atoms with E-state index in [4.69, 9.17) is 14.2 Å². The molecule has 10 nitrogen and oxygen atoms in total. The molecule has 4 aromatic carbocycles. The molecule has 0 saturated carbocycles. The van der Waals surface area contributed by atoms with Crippen LogP contribution in [0.25, 0.3) is 6.08 Å². The van der Waals surface area contributed by atoms with Gasteiger partial charge >= 0.3 is 11.9 Å². The summed E-state index contributed by atoms with van der Waals surface area (Å²) in [4.78, 5) is 49.3. The number of halogens is 1. The summed E-state index contributed by atoms with van der Waals surface area (Å²) < 4.78 is 16.5. The third-order valence-electron chi connectivity index (χ3n) is 5.83. The molecule has 0 aromatic heterocycles. The Labute approximate surface area is 261 Å². The molecule has 4 aromatic rings. The molecule has 0 spiro atoms. The second-order valence-electron chi connectivity index (χ2n) is 9.04. The number of carbonyl (C=O) groups excluding carboxylic acids is 4. The van der Waals surface area contributed by atoms with Gasteiger partial charge in [-0.15, -0.1) is 0 Å². The van der Waals surface area contributed by atoms with Crippen molar-refractivity contribution in [2.24, 2.45) is 5.10 Å². The Morgan fingerprint density at radius 1 is 0.773 bits per heavy atom. The molecular weight excluding hydrogens is 630 g/mol. The van der Waals surface area contributed by atoms with Crippen LogP contribution in [0, 0.1) is 0 Å². The molecule has 0 aliphatic heterocycles. The summed E-state index contributed by atoms with van der Waals surface area (Å²) >= 11 is 3.38. The monoisotopic (exact) mass is 655 g/mol. The number of benzene rings is 4. The van der Waals surface area contributed by atoms with Gasteiger partial charge in [-0.2, -0.15) is 5.10 Å². The highest BCUT2D eigenvalue weighted by atomic mass is 79.9. The lowest BCUT2D eigenvalue weighted by molar-refractivity contribution is -0.132. The van der Waals surface area contributed by atoms with E-state index in [0.717, 1.165) is 5.56 Å². The predicted molar refractivity (Wildman–Crippen MR) is 169 cm³/mol. The summed E-state index contributed by atoms with van der Waals surface area (Å²) in [5.41, 5.74) is 4.57. The zero-order valence-corrected chi connectivity index (χ0v) is 25.2. The molecule has 4 rings (SSSR count). The van der Waals surface area contributed by atoms with Crippen molar-refractivity contribution in [3.05, 3.63) is 124 Å². The van der Waals surface area contributed by atoms with Crippen LogP contribution in [0.5, 0.6) is 17.2 Å². The number of hydrazone groups is 1. The minimum absolute atomic E-state index is 0.184. The molecule has 0 bridgehead atoms. The van der Waals surface area contributed by atoms with Crippen molar-refractivity contribution >= 4 is 57.7 Å². The SMILES string of the molecule is COc1cc(C(=O)Nc2cccc(C(=O)NN=Cc3cc(Br)ccc3OC(=O)/C=C/c3ccccc3)c2)ccc1OC(C)=O.